The van der Waals surface area contributed by atoms with Crippen molar-refractivity contribution in [3.8, 4) is 0 Å². The Labute approximate surface area is 91.9 Å². The maximum Gasteiger partial charge on any atom is 0.418 e. The minimum absolute atomic E-state index is 0.258. The SMILES string of the molecule is Nc1c([N+](=O)[O-])cc(C(F)(F)F)c(Cl)c1N. The van der Waals surface area contributed by atoms with Gasteiger partial charge in [-0.05, 0) is 0 Å². The normalized spacial score (nSPS) is 11.5. The first kappa shape index (κ1) is 12.4. The highest BCUT2D eigenvalue weighted by Crippen LogP contribution is 2.43. The van der Waals surface area contributed by atoms with Crippen LogP contribution in [0.4, 0.5) is 30.2 Å². The van der Waals surface area contributed by atoms with Crippen LogP contribution in [0.3, 0.4) is 0 Å². The first-order valence-corrected chi connectivity index (χ1v) is 4.13. The monoisotopic (exact) mass is 255 g/mol. The van der Waals surface area contributed by atoms with Gasteiger partial charge in [-0.3, -0.25) is 10.1 Å². The van der Waals surface area contributed by atoms with Crippen LogP contribution in [-0.4, -0.2) is 4.92 Å². The molecule has 0 atom stereocenters. The topological polar surface area (TPSA) is 95.2 Å². The zero-order valence-corrected chi connectivity index (χ0v) is 8.26. The highest BCUT2D eigenvalue weighted by molar-refractivity contribution is 6.34. The second-order valence-electron chi connectivity index (χ2n) is 2.84. The molecule has 0 aliphatic carbocycles. The Bertz CT molecular complexity index is 461. The average molecular weight is 256 g/mol. The summed E-state index contributed by atoms with van der Waals surface area (Å²) in [5.74, 6) is 0. The predicted octanol–water partition coefficient (Wildman–Crippen LogP) is 2.43. The average Bonchev–Trinajstić information content (AvgIpc) is 2.11. The van der Waals surface area contributed by atoms with Crippen LogP contribution in [0, 0.1) is 10.1 Å². The molecule has 9 heteroatoms. The molecule has 0 aliphatic heterocycles. The van der Waals surface area contributed by atoms with Gasteiger partial charge in [-0.1, -0.05) is 11.6 Å². The van der Waals surface area contributed by atoms with Crippen molar-refractivity contribution in [3.63, 3.8) is 0 Å². The smallest absolute Gasteiger partial charge is 0.396 e. The third-order valence-corrected chi connectivity index (χ3v) is 2.23. The molecule has 0 bridgehead atoms. The Hall–Kier alpha value is -1.70. The molecule has 16 heavy (non-hydrogen) atoms. The quantitative estimate of drug-likeness (QED) is 0.458. The van der Waals surface area contributed by atoms with Gasteiger partial charge in [0.15, 0.2) is 0 Å². The van der Waals surface area contributed by atoms with E-state index in [0.717, 1.165) is 0 Å². The number of alkyl halides is 3. The van der Waals surface area contributed by atoms with Crippen molar-refractivity contribution in [2.45, 2.75) is 6.18 Å². The molecule has 0 fully saturated rings. The summed E-state index contributed by atoms with van der Waals surface area (Å²) in [6, 6.07) is 0.258. The van der Waals surface area contributed by atoms with Crippen LogP contribution in [0.1, 0.15) is 5.56 Å². The number of halogens is 4. The van der Waals surface area contributed by atoms with E-state index in [1.165, 1.54) is 0 Å². The standard InChI is InChI=1S/C7H5ClF3N3O2/c8-4-2(7(9,10)11)1-3(14(15)16)5(12)6(4)13/h1H,12-13H2. The van der Waals surface area contributed by atoms with Crippen LogP contribution in [-0.2, 0) is 6.18 Å². The summed E-state index contributed by atoms with van der Waals surface area (Å²) < 4.78 is 37.2. The van der Waals surface area contributed by atoms with Crippen molar-refractivity contribution in [1.29, 1.82) is 0 Å². The molecule has 1 aromatic carbocycles. The van der Waals surface area contributed by atoms with Gasteiger partial charge < -0.3 is 11.5 Å². The van der Waals surface area contributed by atoms with Crippen LogP contribution in [0.5, 0.6) is 0 Å². The zero-order valence-electron chi connectivity index (χ0n) is 7.51. The zero-order chi connectivity index (χ0) is 12.7. The summed E-state index contributed by atoms with van der Waals surface area (Å²) in [5, 5.41) is 9.59. The van der Waals surface area contributed by atoms with Crippen LogP contribution < -0.4 is 11.5 Å². The number of hydrogen-bond acceptors (Lipinski definition) is 4. The first-order chi connectivity index (χ1) is 7.16. The van der Waals surface area contributed by atoms with E-state index in [4.69, 9.17) is 23.1 Å². The molecule has 5 nitrogen and oxygen atoms in total. The molecule has 0 radical (unpaired) electrons. The highest BCUT2D eigenvalue weighted by atomic mass is 35.5. The summed E-state index contributed by atoms with van der Waals surface area (Å²) in [4.78, 5) is 9.37. The van der Waals surface area contributed by atoms with E-state index in [2.05, 4.69) is 0 Å². The molecule has 0 aromatic heterocycles. The highest BCUT2D eigenvalue weighted by Gasteiger charge is 2.37. The lowest BCUT2D eigenvalue weighted by molar-refractivity contribution is -0.384. The van der Waals surface area contributed by atoms with Crippen molar-refractivity contribution in [1.82, 2.24) is 0 Å². The van der Waals surface area contributed by atoms with Crippen LogP contribution in [0.15, 0.2) is 6.07 Å². The van der Waals surface area contributed by atoms with E-state index in [9.17, 15) is 23.3 Å². The molecule has 0 amide bonds. The third-order valence-electron chi connectivity index (χ3n) is 1.82. The minimum atomic E-state index is -4.83. The molecule has 0 spiro atoms. The molecular formula is C7H5ClF3N3O2. The molecular weight excluding hydrogens is 251 g/mol. The molecule has 4 N–H and O–H groups in total. The van der Waals surface area contributed by atoms with E-state index in [-0.39, 0.29) is 6.07 Å². The summed E-state index contributed by atoms with van der Waals surface area (Å²) in [6.45, 7) is 0. The van der Waals surface area contributed by atoms with Gasteiger partial charge in [0.25, 0.3) is 5.69 Å². The largest absolute Gasteiger partial charge is 0.418 e. The molecule has 1 rings (SSSR count). The lowest BCUT2D eigenvalue weighted by Crippen LogP contribution is -2.10. The maximum atomic E-state index is 12.4. The molecule has 1 aromatic rings. The fourth-order valence-corrected chi connectivity index (χ4v) is 1.30. The van der Waals surface area contributed by atoms with Crippen molar-refractivity contribution in [3.05, 3.63) is 26.8 Å². The number of nitrogens with zero attached hydrogens (tertiary/aromatic N) is 1. The Balaban J connectivity index is 3.61. The van der Waals surface area contributed by atoms with Gasteiger partial charge in [0.1, 0.15) is 5.69 Å². The molecule has 88 valence electrons. The molecule has 0 aliphatic rings. The summed E-state index contributed by atoms with van der Waals surface area (Å²) in [5.41, 5.74) is 6.80. The Kier molecular flexibility index (Phi) is 2.87. The van der Waals surface area contributed by atoms with Gasteiger partial charge in [-0.25, -0.2) is 0 Å². The number of nitrogens with two attached hydrogens (primary N) is 2. The van der Waals surface area contributed by atoms with Gasteiger partial charge in [-0.2, -0.15) is 13.2 Å². The van der Waals surface area contributed by atoms with Crippen LogP contribution in [0.25, 0.3) is 0 Å². The van der Waals surface area contributed by atoms with Crippen LogP contribution in [0.2, 0.25) is 5.02 Å². The van der Waals surface area contributed by atoms with Crippen molar-refractivity contribution in [2.75, 3.05) is 11.5 Å². The molecule has 0 saturated heterocycles. The number of benzene rings is 1. The van der Waals surface area contributed by atoms with Crippen LogP contribution >= 0.6 is 11.6 Å². The fourth-order valence-electron chi connectivity index (χ4n) is 1.04. The maximum absolute atomic E-state index is 12.4. The number of nitrogen functional groups attached to an aromatic ring is 2. The first-order valence-electron chi connectivity index (χ1n) is 3.75. The van der Waals surface area contributed by atoms with Gasteiger partial charge in [0.2, 0.25) is 0 Å². The van der Waals surface area contributed by atoms with Crippen molar-refractivity contribution in [2.24, 2.45) is 0 Å². The van der Waals surface area contributed by atoms with E-state index >= 15 is 0 Å². The van der Waals surface area contributed by atoms with E-state index in [0.29, 0.717) is 0 Å². The number of anilines is 2. The number of nitro groups is 1. The lowest BCUT2D eigenvalue weighted by Gasteiger charge is -2.12. The third kappa shape index (κ3) is 1.96. The molecule has 0 unspecified atom stereocenters. The number of hydrogen-bond donors (Lipinski definition) is 2. The lowest BCUT2D eigenvalue weighted by atomic mass is 10.1. The van der Waals surface area contributed by atoms with Gasteiger partial charge in [0, 0.05) is 6.07 Å². The second-order valence-corrected chi connectivity index (χ2v) is 3.22. The Morgan fingerprint density at radius 1 is 1.31 bits per heavy atom. The summed E-state index contributed by atoms with van der Waals surface area (Å²) in [6.07, 6.45) is -4.83. The molecule has 0 heterocycles. The summed E-state index contributed by atoms with van der Waals surface area (Å²) in [7, 11) is 0. The Morgan fingerprint density at radius 3 is 2.19 bits per heavy atom. The minimum Gasteiger partial charge on any atom is -0.396 e. The Morgan fingerprint density at radius 2 is 1.81 bits per heavy atom. The number of nitro benzene ring substituents is 1. The van der Waals surface area contributed by atoms with E-state index < -0.39 is 38.7 Å². The van der Waals surface area contributed by atoms with Gasteiger partial charge >= 0.3 is 6.18 Å². The van der Waals surface area contributed by atoms with E-state index in [1.54, 1.807) is 0 Å². The van der Waals surface area contributed by atoms with Gasteiger partial charge in [-0.15, -0.1) is 0 Å². The second kappa shape index (κ2) is 3.71. The number of rotatable bonds is 1. The predicted molar refractivity (Wildman–Crippen MR) is 51.9 cm³/mol. The van der Waals surface area contributed by atoms with Crippen molar-refractivity contribution >= 4 is 28.7 Å². The summed E-state index contributed by atoms with van der Waals surface area (Å²) >= 11 is 5.31. The molecule has 0 saturated carbocycles. The van der Waals surface area contributed by atoms with Gasteiger partial charge in [0.05, 0.1) is 21.2 Å². The van der Waals surface area contributed by atoms with E-state index in [1.807, 2.05) is 0 Å². The van der Waals surface area contributed by atoms with Crippen molar-refractivity contribution < 1.29 is 18.1 Å². The fraction of sp³-hybridized carbons (Fsp3) is 0.143.